The molecule has 0 saturated heterocycles. The number of nitrogens with one attached hydrogen (secondary N) is 1. The van der Waals surface area contributed by atoms with E-state index in [1.165, 1.54) is 24.3 Å². The van der Waals surface area contributed by atoms with Crippen molar-refractivity contribution in [2.45, 2.75) is 6.54 Å². The van der Waals surface area contributed by atoms with Crippen molar-refractivity contribution in [3.63, 3.8) is 0 Å². The van der Waals surface area contributed by atoms with Crippen LogP contribution in [0, 0.1) is 21.4 Å². The first kappa shape index (κ1) is 16.4. The molecule has 0 atom stereocenters. The number of fused-ring (bicyclic) bond motifs is 1. The molecule has 0 fully saturated rings. The molecule has 0 amide bonds. The first-order chi connectivity index (χ1) is 13.1. The minimum Gasteiger partial charge on any atom is -0.454 e. The molecule has 0 bridgehead atoms. The molecule has 27 heavy (non-hydrogen) atoms. The third-order valence-corrected chi connectivity index (χ3v) is 3.95. The first-order valence-electron chi connectivity index (χ1n) is 7.92. The van der Waals surface area contributed by atoms with E-state index in [1.807, 2.05) is 24.3 Å². The van der Waals surface area contributed by atoms with Gasteiger partial charge >= 0.3 is 0 Å². The number of rotatable bonds is 5. The van der Waals surface area contributed by atoms with Gasteiger partial charge in [-0.2, -0.15) is 10.2 Å². The maximum absolute atomic E-state index is 10.7. The number of non-ortho nitro benzene ring substituents is 1. The summed E-state index contributed by atoms with van der Waals surface area (Å²) < 4.78 is 16.2. The molecular formula is C18H12N4O5. The van der Waals surface area contributed by atoms with Gasteiger partial charge in [-0.25, -0.2) is 0 Å². The Morgan fingerprint density at radius 2 is 1.96 bits per heavy atom. The fourth-order valence-electron chi connectivity index (χ4n) is 2.60. The van der Waals surface area contributed by atoms with Gasteiger partial charge in [-0.1, -0.05) is 6.07 Å². The zero-order chi connectivity index (χ0) is 18.8. The zero-order valence-corrected chi connectivity index (χ0v) is 13.8. The van der Waals surface area contributed by atoms with Crippen LogP contribution in [0.25, 0.3) is 11.5 Å². The fraction of sp³-hybridized carbons (Fsp3) is 0.111. The number of nitrogens with zero attached hydrogens (tertiary/aromatic N) is 3. The summed E-state index contributed by atoms with van der Waals surface area (Å²) >= 11 is 0. The lowest BCUT2D eigenvalue weighted by molar-refractivity contribution is -0.384. The standard InChI is InChI=1S/C18H12N4O5/c19-8-14-18(20-9-11-1-6-15-16(7-11)26-10-25-15)27-17(21-14)12-2-4-13(5-3-12)22(23)24/h1-7,20H,9-10H2. The van der Waals surface area contributed by atoms with Gasteiger partial charge in [0.25, 0.3) is 5.69 Å². The molecule has 1 aromatic heterocycles. The topological polar surface area (TPSA) is 123 Å². The minimum atomic E-state index is -0.488. The van der Waals surface area contributed by atoms with E-state index in [0.717, 1.165) is 5.56 Å². The number of oxazole rings is 1. The van der Waals surface area contributed by atoms with Crippen LogP contribution in [0.3, 0.4) is 0 Å². The van der Waals surface area contributed by atoms with Gasteiger partial charge in [0.2, 0.25) is 24.3 Å². The third kappa shape index (κ3) is 3.23. The summed E-state index contributed by atoms with van der Waals surface area (Å²) in [4.78, 5) is 14.4. The summed E-state index contributed by atoms with van der Waals surface area (Å²) in [6.45, 7) is 0.589. The van der Waals surface area contributed by atoms with Crippen molar-refractivity contribution in [2.75, 3.05) is 12.1 Å². The maximum Gasteiger partial charge on any atom is 0.269 e. The number of aromatic nitrogens is 1. The van der Waals surface area contributed by atoms with Crippen molar-refractivity contribution in [3.05, 3.63) is 63.8 Å². The summed E-state index contributed by atoms with van der Waals surface area (Å²) in [6.07, 6.45) is 0. The number of anilines is 1. The average Bonchev–Trinajstić information content (AvgIpc) is 3.32. The number of nitro groups is 1. The number of hydrogen-bond acceptors (Lipinski definition) is 8. The van der Waals surface area contributed by atoms with E-state index in [1.54, 1.807) is 0 Å². The largest absolute Gasteiger partial charge is 0.454 e. The predicted octanol–water partition coefficient (Wildman–Crippen LogP) is 3.46. The third-order valence-electron chi connectivity index (χ3n) is 3.95. The molecule has 1 aliphatic rings. The monoisotopic (exact) mass is 364 g/mol. The molecule has 2 aromatic carbocycles. The highest BCUT2D eigenvalue weighted by atomic mass is 16.7. The lowest BCUT2D eigenvalue weighted by atomic mass is 10.2. The molecule has 0 aliphatic carbocycles. The van der Waals surface area contributed by atoms with Gasteiger partial charge in [0, 0.05) is 24.2 Å². The normalized spacial score (nSPS) is 11.8. The Morgan fingerprint density at radius 3 is 2.70 bits per heavy atom. The van der Waals surface area contributed by atoms with Crippen LogP contribution < -0.4 is 14.8 Å². The Morgan fingerprint density at radius 1 is 1.19 bits per heavy atom. The number of hydrogen-bond donors (Lipinski definition) is 1. The first-order valence-corrected chi connectivity index (χ1v) is 7.92. The van der Waals surface area contributed by atoms with Crippen molar-refractivity contribution in [1.82, 2.24) is 4.98 Å². The molecule has 2 heterocycles. The van der Waals surface area contributed by atoms with Gasteiger partial charge < -0.3 is 19.2 Å². The number of nitriles is 1. The number of nitro benzene ring substituents is 1. The van der Waals surface area contributed by atoms with Crippen molar-refractivity contribution >= 4 is 11.6 Å². The minimum absolute atomic E-state index is 0.0352. The van der Waals surface area contributed by atoms with Crippen molar-refractivity contribution in [3.8, 4) is 29.0 Å². The summed E-state index contributed by atoms with van der Waals surface area (Å²) in [5, 5.41) is 23.1. The molecule has 4 rings (SSSR count). The van der Waals surface area contributed by atoms with E-state index >= 15 is 0 Å². The highest BCUT2D eigenvalue weighted by Gasteiger charge is 2.17. The van der Waals surface area contributed by atoms with Crippen LogP contribution in [-0.2, 0) is 6.54 Å². The van der Waals surface area contributed by atoms with E-state index in [0.29, 0.717) is 23.6 Å². The molecule has 0 radical (unpaired) electrons. The van der Waals surface area contributed by atoms with E-state index in [2.05, 4.69) is 10.3 Å². The molecule has 0 saturated carbocycles. The van der Waals surface area contributed by atoms with Crippen LogP contribution in [0.2, 0.25) is 0 Å². The fourth-order valence-corrected chi connectivity index (χ4v) is 2.60. The summed E-state index contributed by atoms with van der Waals surface area (Å²) in [6, 6.07) is 13.2. The van der Waals surface area contributed by atoms with Gasteiger partial charge in [-0.3, -0.25) is 10.1 Å². The smallest absolute Gasteiger partial charge is 0.269 e. The van der Waals surface area contributed by atoms with E-state index in [-0.39, 0.29) is 29.9 Å². The molecule has 134 valence electrons. The SMILES string of the molecule is N#Cc1nc(-c2ccc([N+](=O)[O-])cc2)oc1NCc1ccc2c(c1)OCO2. The molecule has 1 N–H and O–H groups in total. The second-order valence-electron chi connectivity index (χ2n) is 5.65. The van der Waals surface area contributed by atoms with Crippen molar-refractivity contribution in [1.29, 1.82) is 5.26 Å². The van der Waals surface area contributed by atoms with E-state index in [9.17, 15) is 15.4 Å². The number of benzene rings is 2. The Bertz CT molecular complexity index is 1050. The van der Waals surface area contributed by atoms with Gasteiger partial charge in [0.15, 0.2) is 11.5 Å². The van der Waals surface area contributed by atoms with Crippen LogP contribution in [0.4, 0.5) is 11.6 Å². The second kappa shape index (κ2) is 6.68. The molecule has 0 unspecified atom stereocenters. The predicted molar refractivity (Wildman–Crippen MR) is 93.2 cm³/mol. The lowest BCUT2D eigenvalue weighted by Gasteiger charge is -2.04. The van der Waals surface area contributed by atoms with Gasteiger partial charge in [-0.15, -0.1) is 0 Å². The molecule has 0 spiro atoms. The van der Waals surface area contributed by atoms with Crippen LogP contribution in [0.5, 0.6) is 11.5 Å². The lowest BCUT2D eigenvalue weighted by Crippen LogP contribution is -1.99. The second-order valence-corrected chi connectivity index (χ2v) is 5.65. The Labute approximate surface area is 152 Å². The van der Waals surface area contributed by atoms with Gasteiger partial charge in [0.05, 0.1) is 4.92 Å². The summed E-state index contributed by atoms with van der Waals surface area (Å²) in [7, 11) is 0. The summed E-state index contributed by atoms with van der Waals surface area (Å²) in [5.41, 5.74) is 1.51. The number of ether oxygens (including phenoxy) is 2. The molecular weight excluding hydrogens is 352 g/mol. The van der Waals surface area contributed by atoms with Crippen LogP contribution in [0.15, 0.2) is 46.9 Å². The molecule has 9 nitrogen and oxygen atoms in total. The van der Waals surface area contributed by atoms with Crippen LogP contribution in [-0.4, -0.2) is 16.7 Å². The van der Waals surface area contributed by atoms with Crippen LogP contribution in [0.1, 0.15) is 11.3 Å². The van der Waals surface area contributed by atoms with Gasteiger partial charge in [0.1, 0.15) is 6.07 Å². The van der Waals surface area contributed by atoms with Crippen LogP contribution >= 0.6 is 0 Å². The molecule has 3 aromatic rings. The van der Waals surface area contributed by atoms with E-state index in [4.69, 9.17) is 13.9 Å². The summed E-state index contributed by atoms with van der Waals surface area (Å²) in [5.74, 6) is 1.79. The maximum atomic E-state index is 10.7. The van der Waals surface area contributed by atoms with Crippen molar-refractivity contribution in [2.24, 2.45) is 0 Å². The van der Waals surface area contributed by atoms with Gasteiger partial charge in [-0.05, 0) is 29.8 Å². The van der Waals surface area contributed by atoms with E-state index < -0.39 is 4.92 Å². The average molecular weight is 364 g/mol. The Kier molecular flexibility index (Phi) is 4.06. The Hall–Kier alpha value is -4.06. The molecule has 9 heteroatoms. The quantitative estimate of drug-likeness (QED) is 0.539. The Balaban J connectivity index is 1.53. The van der Waals surface area contributed by atoms with Crippen molar-refractivity contribution < 1.29 is 18.8 Å². The molecule has 1 aliphatic heterocycles. The highest BCUT2D eigenvalue weighted by Crippen LogP contribution is 2.33. The highest BCUT2D eigenvalue weighted by molar-refractivity contribution is 5.60. The zero-order valence-electron chi connectivity index (χ0n) is 13.8.